The van der Waals surface area contributed by atoms with Gasteiger partial charge >= 0.3 is 5.97 Å². The maximum absolute atomic E-state index is 11.7. The van der Waals surface area contributed by atoms with Crippen molar-refractivity contribution in [3.8, 4) is 0 Å². The van der Waals surface area contributed by atoms with Gasteiger partial charge in [-0.2, -0.15) is 0 Å². The SMILES string of the molecule is CCCCCCCC/C=C\CCCCCCCC(=O)OCC[NH2+]C(CCO)CCO.COS(=O)(=O)[O-]. The lowest BCUT2D eigenvalue weighted by atomic mass is 10.1. The van der Waals surface area contributed by atoms with Gasteiger partial charge in [0.25, 0.3) is 0 Å². The van der Waals surface area contributed by atoms with Crippen LogP contribution in [0.2, 0.25) is 0 Å². The van der Waals surface area contributed by atoms with Crippen molar-refractivity contribution in [3.63, 3.8) is 0 Å². The fourth-order valence-corrected chi connectivity index (χ4v) is 3.60. The van der Waals surface area contributed by atoms with Gasteiger partial charge in [-0.05, 0) is 32.1 Å². The summed E-state index contributed by atoms with van der Waals surface area (Å²) >= 11 is 0. The van der Waals surface area contributed by atoms with E-state index in [2.05, 4.69) is 23.3 Å². The summed E-state index contributed by atoms with van der Waals surface area (Å²) in [4.78, 5) is 11.7. The zero-order valence-corrected chi connectivity index (χ0v) is 23.5. The molecule has 36 heavy (non-hydrogen) atoms. The predicted molar refractivity (Wildman–Crippen MR) is 141 cm³/mol. The number of unbranched alkanes of at least 4 members (excludes halogenated alkanes) is 11. The standard InChI is InChI=1S/C25H49NO4.CH4O4S/c1-2-3-4-5-6-7-8-9-10-11-12-13-14-15-16-17-25(29)30-23-20-26-24(18-21-27)19-22-28;1-5-6(2,3)4/h9-10,24,26-28H,2-8,11-23H2,1H3;1H3,(H,2,3,4)/b10-9-;. The maximum Gasteiger partial charge on any atom is 0.305 e. The summed E-state index contributed by atoms with van der Waals surface area (Å²) in [5.41, 5.74) is 0. The number of quaternary nitrogens is 1. The Morgan fingerprint density at radius 3 is 1.83 bits per heavy atom. The molecule has 0 aliphatic rings. The van der Waals surface area contributed by atoms with Crippen LogP contribution in [-0.4, -0.2) is 68.7 Å². The number of ether oxygens (including phenoxy) is 1. The molecule has 0 aliphatic carbocycles. The second-order valence-electron chi connectivity index (χ2n) is 8.94. The lowest BCUT2D eigenvalue weighted by Crippen LogP contribution is -2.91. The van der Waals surface area contributed by atoms with Crippen molar-refractivity contribution in [3.05, 3.63) is 12.2 Å². The van der Waals surface area contributed by atoms with Gasteiger partial charge < -0.3 is 24.8 Å². The molecule has 0 amide bonds. The number of esters is 1. The van der Waals surface area contributed by atoms with Crippen LogP contribution >= 0.6 is 0 Å². The Bertz CT molecular complexity index is 593. The third-order valence-electron chi connectivity index (χ3n) is 5.73. The summed E-state index contributed by atoms with van der Waals surface area (Å²) in [6, 6.07) is 0.198. The van der Waals surface area contributed by atoms with Crippen molar-refractivity contribution in [1.82, 2.24) is 0 Å². The summed E-state index contributed by atoms with van der Waals surface area (Å²) in [6.07, 6.45) is 22.8. The number of hydrogen-bond acceptors (Lipinski definition) is 8. The summed E-state index contributed by atoms with van der Waals surface area (Å²) in [5.74, 6) is -0.109. The molecule has 0 bridgehead atoms. The fourth-order valence-electron chi connectivity index (χ4n) is 3.60. The van der Waals surface area contributed by atoms with E-state index in [9.17, 15) is 17.8 Å². The van der Waals surface area contributed by atoms with Gasteiger partial charge in [-0.15, -0.1) is 0 Å². The molecule has 0 aliphatic heterocycles. The van der Waals surface area contributed by atoms with Gasteiger partial charge in [0.15, 0.2) is 0 Å². The highest BCUT2D eigenvalue weighted by atomic mass is 32.3. The number of carbonyl (C=O) groups excluding carboxylic acids is 1. The smallest absolute Gasteiger partial charge is 0.305 e. The molecule has 0 aromatic carbocycles. The Labute approximate surface area is 220 Å². The molecule has 0 fully saturated rings. The van der Waals surface area contributed by atoms with Crippen LogP contribution < -0.4 is 5.32 Å². The minimum absolute atomic E-state index is 0.109. The van der Waals surface area contributed by atoms with Gasteiger partial charge in [0.05, 0.1) is 13.2 Å². The highest BCUT2D eigenvalue weighted by Crippen LogP contribution is 2.10. The van der Waals surface area contributed by atoms with Gasteiger partial charge in [0, 0.05) is 32.5 Å². The number of carbonyl (C=O) groups is 1. The summed E-state index contributed by atoms with van der Waals surface area (Å²) < 4.78 is 36.3. The van der Waals surface area contributed by atoms with Gasteiger partial charge in [-0.3, -0.25) is 8.98 Å². The van der Waals surface area contributed by atoms with Crippen LogP contribution in [-0.2, 0) is 24.1 Å². The number of aliphatic hydroxyl groups excluding tert-OH is 2. The van der Waals surface area contributed by atoms with Crippen LogP contribution in [0, 0.1) is 0 Å². The van der Waals surface area contributed by atoms with E-state index in [0.717, 1.165) is 20.0 Å². The number of nitrogens with two attached hydrogens (primary N) is 1. The molecule has 0 atom stereocenters. The molecule has 9 nitrogen and oxygen atoms in total. The first-order valence-electron chi connectivity index (χ1n) is 13.7. The highest BCUT2D eigenvalue weighted by molar-refractivity contribution is 7.80. The first-order valence-corrected chi connectivity index (χ1v) is 15.0. The molecule has 4 N–H and O–H groups in total. The van der Waals surface area contributed by atoms with E-state index in [-0.39, 0.29) is 25.2 Å². The van der Waals surface area contributed by atoms with E-state index >= 15 is 0 Å². The van der Waals surface area contributed by atoms with Crippen molar-refractivity contribution >= 4 is 16.4 Å². The average Bonchev–Trinajstić information content (AvgIpc) is 2.84. The molecule has 0 heterocycles. The zero-order chi connectivity index (χ0) is 27.3. The Morgan fingerprint density at radius 2 is 1.36 bits per heavy atom. The number of aliphatic hydroxyl groups is 2. The van der Waals surface area contributed by atoms with Crippen LogP contribution in [0.15, 0.2) is 12.2 Å². The Morgan fingerprint density at radius 1 is 0.889 bits per heavy atom. The Hall–Kier alpha value is -1.04. The van der Waals surface area contributed by atoms with Crippen molar-refractivity contribution in [1.29, 1.82) is 0 Å². The monoisotopic (exact) mass is 539 g/mol. The Balaban J connectivity index is 0. The van der Waals surface area contributed by atoms with Crippen molar-refractivity contribution < 1.29 is 42.2 Å². The zero-order valence-electron chi connectivity index (χ0n) is 22.7. The average molecular weight is 540 g/mol. The van der Waals surface area contributed by atoms with Gasteiger partial charge in [-0.25, -0.2) is 8.42 Å². The second-order valence-corrected chi connectivity index (χ2v) is 10.1. The number of allylic oxidation sites excluding steroid dienone is 2. The Kier molecular flexibility index (Phi) is 29.4. The molecule has 0 aromatic rings. The number of hydrogen-bond donors (Lipinski definition) is 3. The first kappa shape index (κ1) is 37.1. The normalized spacial score (nSPS) is 11.6. The third-order valence-corrected chi connectivity index (χ3v) is 6.14. The molecule has 0 spiro atoms. The topological polar surface area (TPSA) is 150 Å². The first-order chi connectivity index (χ1) is 17.3. The van der Waals surface area contributed by atoms with E-state index < -0.39 is 10.4 Å². The fraction of sp³-hybridized carbons (Fsp3) is 0.885. The highest BCUT2D eigenvalue weighted by Gasteiger charge is 2.10. The number of rotatable bonds is 24. The van der Waals surface area contributed by atoms with Gasteiger partial charge in [0.1, 0.15) is 13.2 Å². The van der Waals surface area contributed by atoms with E-state index in [1.807, 2.05) is 5.32 Å². The molecule has 0 saturated carbocycles. The molecule has 10 heteroatoms. The van der Waals surface area contributed by atoms with Gasteiger partial charge in [-0.1, -0.05) is 70.4 Å². The van der Waals surface area contributed by atoms with E-state index in [1.54, 1.807) is 0 Å². The molecule has 216 valence electrons. The summed E-state index contributed by atoms with van der Waals surface area (Å²) in [7, 11) is -3.60. The largest absolute Gasteiger partial charge is 0.726 e. The molecule has 0 unspecified atom stereocenters. The molecule has 0 rings (SSSR count). The van der Waals surface area contributed by atoms with Crippen LogP contribution in [0.1, 0.15) is 110 Å². The van der Waals surface area contributed by atoms with Crippen molar-refractivity contribution in [2.75, 3.05) is 33.5 Å². The van der Waals surface area contributed by atoms with Crippen molar-refractivity contribution in [2.24, 2.45) is 0 Å². The van der Waals surface area contributed by atoms with Crippen LogP contribution in [0.5, 0.6) is 0 Å². The molecular weight excluding hydrogens is 486 g/mol. The van der Waals surface area contributed by atoms with Gasteiger partial charge in [0.2, 0.25) is 10.4 Å². The maximum atomic E-state index is 11.7. The lowest BCUT2D eigenvalue weighted by molar-refractivity contribution is -0.691. The minimum atomic E-state index is -4.41. The van der Waals surface area contributed by atoms with Crippen LogP contribution in [0.25, 0.3) is 0 Å². The third kappa shape index (κ3) is 33.0. The van der Waals surface area contributed by atoms with Crippen molar-refractivity contribution in [2.45, 2.75) is 116 Å². The van der Waals surface area contributed by atoms with Crippen LogP contribution in [0.3, 0.4) is 0 Å². The molecule has 0 saturated heterocycles. The summed E-state index contributed by atoms with van der Waals surface area (Å²) in [6.45, 7) is 3.59. The molecule has 0 aromatic heterocycles. The molecule has 0 radical (unpaired) electrons. The van der Waals surface area contributed by atoms with E-state index in [1.165, 1.54) is 70.6 Å². The quantitative estimate of drug-likeness (QED) is 0.0555. The molecular formula is C26H53NO8S. The lowest BCUT2D eigenvalue weighted by Gasteiger charge is -2.13. The summed E-state index contributed by atoms with van der Waals surface area (Å²) in [5, 5.41) is 20.0. The second kappa shape index (κ2) is 28.5. The predicted octanol–water partition coefficient (Wildman–Crippen LogP) is 3.36. The van der Waals surface area contributed by atoms with E-state index in [4.69, 9.17) is 14.9 Å². The van der Waals surface area contributed by atoms with Crippen LogP contribution in [0.4, 0.5) is 0 Å². The van der Waals surface area contributed by atoms with E-state index in [0.29, 0.717) is 32.4 Å². The minimum Gasteiger partial charge on any atom is -0.726 e.